The highest BCUT2D eigenvalue weighted by atomic mass is 16.2. The van der Waals surface area contributed by atoms with Gasteiger partial charge in [-0.15, -0.1) is 0 Å². The Bertz CT molecular complexity index is 801. The summed E-state index contributed by atoms with van der Waals surface area (Å²) in [4.78, 5) is 17.6. The number of carbonyl (C=O) groups is 1. The molecule has 124 valence electrons. The lowest BCUT2D eigenvalue weighted by atomic mass is 9.86. The van der Waals surface area contributed by atoms with Crippen molar-refractivity contribution >= 4 is 11.9 Å². The summed E-state index contributed by atoms with van der Waals surface area (Å²) in [7, 11) is 1.64. The Morgan fingerprint density at radius 3 is 2.79 bits per heavy atom. The molecule has 5 heteroatoms. The number of pyridine rings is 1. The zero-order chi connectivity index (χ0) is 17.3. The number of hydrogen-bond acceptors (Lipinski definition) is 3. The normalized spacial score (nSPS) is 21.4. The number of aryl methyl sites for hydroxylation is 1. The van der Waals surface area contributed by atoms with Crippen molar-refractivity contribution in [2.24, 2.45) is 0 Å². The van der Waals surface area contributed by atoms with Crippen LogP contribution in [0.15, 0.2) is 42.7 Å². The summed E-state index contributed by atoms with van der Waals surface area (Å²) >= 11 is 0. The van der Waals surface area contributed by atoms with Crippen LogP contribution in [-0.2, 0) is 10.3 Å². The number of benzene rings is 1. The van der Waals surface area contributed by atoms with Gasteiger partial charge >= 0.3 is 0 Å². The fraction of sp³-hybridized carbons (Fsp3) is 0.316. The summed E-state index contributed by atoms with van der Waals surface area (Å²) in [5, 5.41) is 11.3. The Labute approximate surface area is 142 Å². The highest BCUT2D eigenvalue weighted by molar-refractivity contribution is 5.96. The Hall–Kier alpha value is -2.69. The number of amides is 1. The number of nitrogens with one attached hydrogen (secondary N) is 2. The molecule has 1 aliphatic rings. The van der Waals surface area contributed by atoms with E-state index in [0.717, 1.165) is 22.3 Å². The molecule has 0 spiro atoms. The van der Waals surface area contributed by atoms with E-state index in [1.807, 2.05) is 38.4 Å². The molecule has 24 heavy (non-hydrogen) atoms. The Balaban J connectivity index is 1.98. The molecule has 0 radical (unpaired) electrons. The average Bonchev–Trinajstić information content (AvgIpc) is 2.68. The van der Waals surface area contributed by atoms with Crippen molar-refractivity contribution in [3.8, 4) is 11.1 Å². The molecule has 1 saturated heterocycles. The van der Waals surface area contributed by atoms with Gasteiger partial charge in [-0.2, -0.15) is 0 Å². The van der Waals surface area contributed by atoms with Crippen molar-refractivity contribution in [3.05, 3.63) is 53.9 Å². The predicted octanol–water partition coefficient (Wildman–Crippen LogP) is 3.05. The summed E-state index contributed by atoms with van der Waals surface area (Å²) in [6, 6.07) is 10.3. The zero-order valence-corrected chi connectivity index (χ0v) is 14.3. The van der Waals surface area contributed by atoms with Crippen molar-refractivity contribution in [2.75, 3.05) is 7.05 Å². The van der Waals surface area contributed by atoms with E-state index in [4.69, 9.17) is 5.41 Å². The molecular formula is C19H22N4O. The smallest absolute Gasteiger partial charge is 0.229 e. The molecule has 2 N–H and O–H groups in total. The number of guanidine groups is 1. The minimum absolute atomic E-state index is 0.0322. The minimum atomic E-state index is -0.454. The van der Waals surface area contributed by atoms with Crippen LogP contribution in [0.1, 0.15) is 30.9 Å². The molecule has 1 atom stereocenters. The SMILES string of the molecule is Cc1cncc(-c2cccc([C@]3(C)CCC(=O)N(C)C(=N)N3)c2)c1. The van der Waals surface area contributed by atoms with Crippen LogP contribution in [0.4, 0.5) is 0 Å². The standard InChI is InChI=1S/C19H22N4O/c1-13-9-15(12-21-11-13)14-5-4-6-16(10-14)19(2)8-7-17(24)23(3)18(20)22-19/h4-6,9-12H,7-8H2,1-3H3,(H2,20,22)/t19-/m0/s1. The Kier molecular flexibility index (Phi) is 4.09. The lowest BCUT2D eigenvalue weighted by Crippen LogP contribution is -2.47. The van der Waals surface area contributed by atoms with Gasteiger partial charge in [0.1, 0.15) is 0 Å². The minimum Gasteiger partial charge on any atom is -0.347 e. The van der Waals surface area contributed by atoms with E-state index >= 15 is 0 Å². The van der Waals surface area contributed by atoms with Crippen molar-refractivity contribution in [1.82, 2.24) is 15.2 Å². The number of nitrogens with zero attached hydrogens (tertiary/aromatic N) is 2. The zero-order valence-electron chi connectivity index (χ0n) is 14.3. The summed E-state index contributed by atoms with van der Waals surface area (Å²) in [5.41, 5.74) is 3.88. The molecule has 5 nitrogen and oxygen atoms in total. The maximum Gasteiger partial charge on any atom is 0.229 e. The summed E-state index contributed by atoms with van der Waals surface area (Å²) in [5.74, 6) is 0.109. The van der Waals surface area contributed by atoms with Gasteiger partial charge < -0.3 is 5.32 Å². The van der Waals surface area contributed by atoms with Crippen LogP contribution in [0.2, 0.25) is 0 Å². The molecule has 1 aromatic carbocycles. The summed E-state index contributed by atoms with van der Waals surface area (Å²) < 4.78 is 0. The first kappa shape index (κ1) is 16.2. The molecule has 2 aromatic rings. The van der Waals surface area contributed by atoms with Gasteiger partial charge in [-0.05, 0) is 49.1 Å². The molecule has 2 heterocycles. The fourth-order valence-electron chi connectivity index (χ4n) is 3.03. The summed E-state index contributed by atoms with van der Waals surface area (Å²) in [6.45, 7) is 4.07. The molecule has 0 bridgehead atoms. The van der Waals surface area contributed by atoms with Gasteiger partial charge in [-0.1, -0.05) is 18.2 Å². The topological polar surface area (TPSA) is 69.1 Å². The second-order valence-electron chi connectivity index (χ2n) is 6.59. The van der Waals surface area contributed by atoms with Gasteiger partial charge in [0.25, 0.3) is 0 Å². The van der Waals surface area contributed by atoms with Crippen molar-refractivity contribution in [3.63, 3.8) is 0 Å². The lowest BCUT2D eigenvalue weighted by Gasteiger charge is -2.31. The predicted molar refractivity (Wildman–Crippen MR) is 94.6 cm³/mol. The van der Waals surface area contributed by atoms with Crippen molar-refractivity contribution in [1.29, 1.82) is 5.41 Å². The average molecular weight is 322 g/mol. The molecule has 1 aromatic heterocycles. The van der Waals surface area contributed by atoms with E-state index in [9.17, 15) is 4.79 Å². The van der Waals surface area contributed by atoms with Gasteiger partial charge in [-0.25, -0.2) is 0 Å². The summed E-state index contributed by atoms with van der Waals surface area (Å²) in [6.07, 6.45) is 4.76. The maximum atomic E-state index is 12.0. The van der Waals surface area contributed by atoms with E-state index in [-0.39, 0.29) is 11.9 Å². The van der Waals surface area contributed by atoms with Gasteiger partial charge in [0.2, 0.25) is 5.91 Å². The number of hydrogen-bond donors (Lipinski definition) is 2. The molecule has 0 unspecified atom stereocenters. The van der Waals surface area contributed by atoms with Crippen LogP contribution in [0.5, 0.6) is 0 Å². The van der Waals surface area contributed by atoms with Crippen LogP contribution < -0.4 is 5.32 Å². The second-order valence-corrected chi connectivity index (χ2v) is 6.59. The maximum absolute atomic E-state index is 12.0. The van der Waals surface area contributed by atoms with Crippen molar-refractivity contribution in [2.45, 2.75) is 32.2 Å². The van der Waals surface area contributed by atoms with E-state index in [2.05, 4.69) is 28.5 Å². The van der Waals surface area contributed by atoms with Crippen LogP contribution in [-0.4, -0.2) is 28.8 Å². The third-order valence-corrected chi connectivity index (χ3v) is 4.65. The van der Waals surface area contributed by atoms with Crippen LogP contribution >= 0.6 is 0 Å². The van der Waals surface area contributed by atoms with Crippen LogP contribution in [0, 0.1) is 12.3 Å². The third-order valence-electron chi connectivity index (χ3n) is 4.65. The van der Waals surface area contributed by atoms with E-state index in [0.29, 0.717) is 12.8 Å². The number of carbonyl (C=O) groups excluding carboxylic acids is 1. The Morgan fingerprint density at radius 2 is 2.04 bits per heavy atom. The molecule has 0 saturated carbocycles. The van der Waals surface area contributed by atoms with Gasteiger partial charge in [0, 0.05) is 31.4 Å². The highest BCUT2D eigenvalue weighted by Gasteiger charge is 2.34. The third kappa shape index (κ3) is 3.02. The number of aromatic nitrogens is 1. The Morgan fingerprint density at radius 1 is 1.25 bits per heavy atom. The lowest BCUT2D eigenvalue weighted by molar-refractivity contribution is -0.126. The molecule has 1 amide bonds. The first-order valence-electron chi connectivity index (χ1n) is 8.05. The first-order valence-corrected chi connectivity index (χ1v) is 8.05. The van der Waals surface area contributed by atoms with Gasteiger partial charge in [0.05, 0.1) is 5.54 Å². The second kappa shape index (κ2) is 6.07. The van der Waals surface area contributed by atoms with Crippen LogP contribution in [0.25, 0.3) is 11.1 Å². The van der Waals surface area contributed by atoms with E-state index in [1.165, 1.54) is 4.90 Å². The molecule has 1 fully saturated rings. The molecule has 1 aliphatic heterocycles. The van der Waals surface area contributed by atoms with Crippen molar-refractivity contribution < 1.29 is 4.79 Å². The number of rotatable bonds is 2. The molecule has 0 aliphatic carbocycles. The van der Waals surface area contributed by atoms with E-state index < -0.39 is 5.54 Å². The first-order chi connectivity index (χ1) is 11.4. The largest absolute Gasteiger partial charge is 0.347 e. The van der Waals surface area contributed by atoms with Crippen LogP contribution in [0.3, 0.4) is 0 Å². The fourth-order valence-corrected chi connectivity index (χ4v) is 3.03. The molecule has 3 rings (SSSR count). The van der Waals surface area contributed by atoms with Gasteiger partial charge in [-0.3, -0.25) is 20.1 Å². The monoisotopic (exact) mass is 322 g/mol. The quantitative estimate of drug-likeness (QED) is 0.893. The van der Waals surface area contributed by atoms with E-state index in [1.54, 1.807) is 7.05 Å². The molecular weight excluding hydrogens is 300 g/mol. The highest BCUT2D eigenvalue weighted by Crippen LogP contribution is 2.31. The van der Waals surface area contributed by atoms with Gasteiger partial charge in [0.15, 0.2) is 5.96 Å².